The Morgan fingerprint density at radius 2 is 1.67 bits per heavy atom. The second-order valence-electron chi connectivity index (χ2n) is 5.13. The summed E-state index contributed by atoms with van der Waals surface area (Å²) in [6.45, 7) is 5.95. The number of ketones is 1. The van der Waals surface area contributed by atoms with Gasteiger partial charge in [-0.1, -0.05) is 0 Å². The molecule has 3 nitrogen and oxygen atoms in total. The molecular formula is C14H20BrNO2. The van der Waals surface area contributed by atoms with Crippen molar-refractivity contribution < 1.29 is 9.90 Å². The number of carbonyl (C=O) groups excluding carboxylic acids is 1. The van der Waals surface area contributed by atoms with Crippen LogP contribution in [0.25, 0.3) is 0 Å². The van der Waals surface area contributed by atoms with Crippen LogP contribution in [0.3, 0.4) is 0 Å². The molecule has 100 valence electrons. The fourth-order valence-corrected chi connectivity index (χ4v) is 2.39. The molecule has 18 heavy (non-hydrogen) atoms. The normalized spacial score (nSPS) is 16.3. The minimum absolute atomic E-state index is 0. The molecule has 1 heterocycles. The number of nitrogens with zero attached hydrogens (tertiary/aromatic N) is 1. The number of halogens is 1. The molecule has 0 spiro atoms. The Balaban J connectivity index is 0.00000162. The van der Waals surface area contributed by atoms with Crippen LogP contribution in [-0.2, 0) is 0 Å². The maximum atomic E-state index is 12.4. The summed E-state index contributed by atoms with van der Waals surface area (Å²) in [6.07, 6.45) is 2.35. The number of Topliss-reactive ketones (excluding diaryl/α,β-unsaturated/α-hetero) is 1. The summed E-state index contributed by atoms with van der Waals surface area (Å²) in [7, 11) is 0. The molecule has 0 saturated carbocycles. The van der Waals surface area contributed by atoms with Crippen molar-refractivity contribution in [2.45, 2.75) is 32.2 Å². The molecule has 0 bridgehead atoms. The van der Waals surface area contributed by atoms with Crippen LogP contribution in [0.5, 0.6) is 5.75 Å². The lowest BCUT2D eigenvalue weighted by Gasteiger charge is -2.33. The zero-order chi connectivity index (χ0) is 12.5. The minimum Gasteiger partial charge on any atom is -0.508 e. The van der Waals surface area contributed by atoms with Crippen LogP contribution in [-0.4, -0.2) is 34.4 Å². The van der Waals surface area contributed by atoms with Crippen LogP contribution in [0.15, 0.2) is 24.3 Å². The SMILES string of the molecule is Br.CC(C)(C(=O)c1ccc(O)cc1)N1CCCC1. The first kappa shape index (κ1) is 15.2. The van der Waals surface area contributed by atoms with Crippen molar-refractivity contribution in [2.24, 2.45) is 0 Å². The Labute approximate surface area is 119 Å². The molecule has 0 unspecified atom stereocenters. The van der Waals surface area contributed by atoms with E-state index in [9.17, 15) is 9.90 Å². The van der Waals surface area contributed by atoms with Gasteiger partial charge >= 0.3 is 0 Å². The third-order valence-corrected chi connectivity index (χ3v) is 3.58. The smallest absolute Gasteiger partial charge is 0.182 e. The number of hydrogen-bond donors (Lipinski definition) is 1. The summed E-state index contributed by atoms with van der Waals surface area (Å²) >= 11 is 0. The van der Waals surface area contributed by atoms with Crippen LogP contribution < -0.4 is 0 Å². The van der Waals surface area contributed by atoms with Gasteiger partial charge in [0, 0.05) is 5.56 Å². The van der Waals surface area contributed by atoms with E-state index in [2.05, 4.69) is 4.90 Å². The van der Waals surface area contributed by atoms with Crippen molar-refractivity contribution in [3.63, 3.8) is 0 Å². The quantitative estimate of drug-likeness (QED) is 0.872. The van der Waals surface area contributed by atoms with E-state index in [0.29, 0.717) is 5.56 Å². The summed E-state index contributed by atoms with van der Waals surface area (Å²) in [6, 6.07) is 6.51. The van der Waals surface area contributed by atoms with Crippen molar-refractivity contribution >= 4 is 22.8 Å². The van der Waals surface area contributed by atoms with Crippen LogP contribution in [0.1, 0.15) is 37.0 Å². The Hall–Kier alpha value is -0.870. The first-order chi connectivity index (χ1) is 8.01. The Bertz CT molecular complexity index is 408. The van der Waals surface area contributed by atoms with E-state index in [1.807, 2.05) is 13.8 Å². The molecule has 0 radical (unpaired) electrons. The number of phenols is 1. The van der Waals surface area contributed by atoms with E-state index in [0.717, 1.165) is 13.1 Å². The lowest BCUT2D eigenvalue weighted by Crippen LogP contribution is -2.48. The maximum Gasteiger partial charge on any atom is 0.182 e. The van der Waals surface area contributed by atoms with E-state index >= 15 is 0 Å². The van der Waals surface area contributed by atoms with Gasteiger partial charge in [-0.2, -0.15) is 0 Å². The highest BCUT2D eigenvalue weighted by atomic mass is 79.9. The van der Waals surface area contributed by atoms with Gasteiger partial charge in [-0.05, 0) is 64.0 Å². The lowest BCUT2D eigenvalue weighted by molar-refractivity contribution is 0.0702. The third-order valence-electron chi connectivity index (χ3n) is 3.58. The summed E-state index contributed by atoms with van der Waals surface area (Å²) in [5.74, 6) is 0.319. The second-order valence-corrected chi connectivity index (χ2v) is 5.13. The number of hydrogen-bond acceptors (Lipinski definition) is 3. The van der Waals surface area contributed by atoms with E-state index in [1.54, 1.807) is 24.3 Å². The van der Waals surface area contributed by atoms with Crippen molar-refractivity contribution in [1.29, 1.82) is 0 Å². The Morgan fingerprint density at radius 1 is 1.17 bits per heavy atom. The molecule has 0 atom stereocenters. The van der Waals surface area contributed by atoms with E-state index in [1.165, 1.54) is 12.8 Å². The molecule has 0 aromatic heterocycles. The van der Waals surface area contributed by atoms with Crippen molar-refractivity contribution in [3.8, 4) is 5.75 Å². The lowest BCUT2D eigenvalue weighted by atomic mass is 9.91. The summed E-state index contributed by atoms with van der Waals surface area (Å²) in [5, 5.41) is 9.23. The van der Waals surface area contributed by atoms with Gasteiger partial charge in [-0.15, -0.1) is 17.0 Å². The molecule has 2 rings (SSSR count). The highest BCUT2D eigenvalue weighted by Crippen LogP contribution is 2.25. The van der Waals surface area contributed by atoms with Crippen molar-refractivity contribution in [2.75, 3.05) is 13.1 Å². The third kappa shape index (κ3) is 2.93. The fraction of sp³-hybridized carbons (Fsp3) is 0.500. The summed E-state index contributed by atoms with van der Waals surface area (Å²) in [4.78, 5) is 14.7. The number of aromatic hydroxyl groups is 1. The molecule has 1 aromatic rings. The van der Waals surface area contributed by atoms with Gasteiger partial charge in [0.15, 0.2) is 5.78 Å². The Morgan fingerprint density at radius 3 is 2.17 bits per heavy atom. The predicted molar refractivity (Wildman–Crippen MR) is 77.6 cm³/mol. The average Bonchev–Trinajstić information content (AvgIpc) is 2.83. The van der Waals surface area contributed by atoms with Crippen LogP contribution in [0.4, 0.5) is 0 Å². The van der Waals surface area contributed by atoms with E-state index < -0.39 is 5.54 Å². The van der Waals surface area contributed by atoms with Gasteiger partial charge in [0.1, 0.15) is 5.75 Å². The molecule has 0 aliphatic carbocycles. The van der Waals surface area contributed by atoms with Crippen LogP contribution in [0, 0.1) is 0 Å². The van der Waals surface area contributed by atoms with Gasteiger partial charge in [0.05, 0.1) is 5.54 Å². The molecule has 0 amide bonds. The van der Waals surface area contributed by atoms with Gasteiger partial charge in [-0.3, -0.25) is 9.69 Å². The van der Waals surface area contributed by atoms with Crippen molar-refractivity contribution in [1.82, 2.24) is 4.90 Å². The number of benzene rings is 1. The minimum atomic E-state index is -0.451. The second kappa shape index (κ2) is 5.85. The highest BCUT2D eigenvalue weighted by molar-refractivity contribution is 8.93. The average molecular weight is 314 g/mol. The van der Waals surface area contributed by atoms with Gasteiger partial charge < -0.3 is 5.11 Å². The highest BCUT2D eigenvalue weighted by Gasteiger charge is 2.36. The van der Waals surface area contributed by atoms with Crippen LogP contribution in [0.2, 0.25) is 0 Å². The first-order valence-corrected chi connectivity index (χ1v) is 6.11. The monoisotopic (exact) mass is 313 g/mol. The molecule has 1 saturated heterocycles. The predicted octanol–water partition coefficient (Wildman–Crippen LogP) is 3.03. The van der Waals surface area contributed by atoms with Gasteiger partial charge in [-0.25, -0.2) is 0 Å². The molecule has 1 aromatic carbocycles. The van der Waals surface area contributed by atoms with E-state index in [4.69, 9.17) is 0 Å². The largest absolute Gasteiger partial charge is 0.508 e. The first-order valence-electron chi connectivity index (χ1n) is 6.11. The molecule has 1 N–H and O–H groups in total. The van der Waals surface area contributed by atoms with Crippen molar-refractivity contribution in [3.05, 3.63) is 29.8 Å². The molecule has 1 aliphatic heterocycles. The molecule has 1 fully saturated rings. The summed E-state index contributed by atoms with van der Waals surface area (Å²) < 4.78 is 0. The number of phenolic OH excluding ortho intramolecular Hbond substituents is 1. The molecule has 4 heteroatoms. The summed E-state index contributed by atoms with van der Waals surface area (Å²) in [5.41, 5.74) is 0.215. The molecule has 1 aliphatic rings. The Kier molecular flexibility index (Phi) is 4.93. The van der Waals surface area contributed by atoms with Gasteiger partial charge in [0.2, 0.25) is 0 Å². The molecular weight excluding hydrogens is 294 g/mol. The topological polar surface area (TPSA) is 40.5 Å². The number of likely N-dealkylation sites (tertiary alicyclic amines) is 1. The maximum absolute atomic E-state index is 12.4. The van der Waals surface area contributed by atoms with E-state index in [-0.39, 0.29) is 28.5 Å². The number of rotatable bonds is 3. The number of carbonyl (C=O) groups is 1. The zero-order valence-electron chi connectivity index (χ0n) is 10.8. The van der Waals surface area contributed by atoms with Gasteiger partial charge in [0.25, 0.3) is 0 Å². The standard InChI is InChI=1S/C14H19NO2.BrH/c1-14(2,15-9-3-4-10-15)13(17)11-5-7-12(16)8-6-11;/h5-8,16H,3-4,9-10H2,1-2H3;1H. The van der Waals surface area contributed by atoms with Crippen LogP contribution >= 0.6 is 17.0 Å². The zero-order valence-corrected chi connectivity index (χ0v) is 12.6. The fourth-order valence-electron chi connectivity index (χ4n) is 2.39.